The second-order valence-corrected chi connectivity index (χ2v) is 5.21. The molecule has 0 unspecified atom stereocenters. The predicted molar refractivity (Wildman–Crippen MR) is 49.1 cm³/mol. The monoisotopic (exact) mass is 252 g/mol. The highest BCUT2D eigenvalue weighted by atomic mass is 79.9. The minimum absolute atomic E-state index is 0.267. The molecule has 0 aliphatic rings. The summed E-state index contributed by atoms with van der Waals surface area (Å²) in [6.45, 7) is 0.676. The second-order valence-electron chi connectivity index (χ2n) is 2.40. The van der Waals surface area contributed by atoms with Gasteiger partial charge in [0.1, 0.15) is 4.90 Å². The lowest BCUT2D eigenvalue weighted by molar-refractivity contribution is 0.601. The third-order valence-corrected chi connectivity index (χ3v) is 2.77. The number of hydrogen-bond donors (Lipinski definition) is 0. The van der Waals surface area contributed by atoms with Crippen LogP contribution in [0.3, 0.4) is 0 Å². The van der Waals surface area contributed by atoms with Crippen LogP contribution in [0, 0.1) is 0 Å². The fourth-order valence-electron chi connectivity index (χ4n) is 0.745. The summed E-state index contributed by atoms with van der Waals surface area (Å²) >= 11 is 3.24. The lowest BCUT2D eigenvalue weighted by Crippen LogP contribution is -1.99. The quantitative estimate of drug-likeness (QED) is 0.744. The minimum Gasteiger partial charge on any atom is -0.271 e. The van der Waals surface area contributed by atoms with Gasteiger partial charge in [0, 0.05) is 17.8 Å². The van der Waals surface area contributed by atoms with E-state index in [1.165, 1.54) is 18.6 Å². The molecule has 0 aliphatic heterocycles. The Labute approximate surface area is 79.6 Å². The Kier molecular flexibility index (Phi) is 2.89. The molecule has 0 N–H and O–H groups in total. The van der Waals surface area contributed by atoms with E-state index in [9.17, 15) is 8.42 Å². The maximum atomic E-state index is 11.0. The summed E-state index contributed by atoms with van der Waals surface area (Å²) in [7, 11) is -3.10. The molecule has 0 aromatic carbocycles. The molecule has 1 aromatic heterocycles. The average Bonchev–Trinajstić information content (AvgIpc) is 2.35. The average molecular weight is 253 g/mol. The number of sulfone groups is 1. The van der Waals surface area contributed by atoms with Gasteiger partial charge in [-0.15, -0.1) is 0 Å². The summed E-state index contributed by atoms with van der Waals surface area (Å²) in [6.07, 6.45) is 4.05. The lowest BCUT2D eigenvalue weighted by Gasteiger charge is -1.93. The second kappa shape index (κ2) is 3.57. The van der Waals surface area contributed by atoms with E-state index in [0.29, 0.717) is 6.54 Å². The van der Waals surface area contributed by atoms with Crippen molar-refractivity contribution in [3.05, 3.63) is 12.4 Å². The van der Waals surface area contributed by atoms with Crippen LogP contribution in [0.2, 0.25) is 0 Å². The van der Waals surface area contributed by atoms with Crippen LogP contribution in [0.25, 0.3) is 0 Å². The molecule has 0 radical (unpaired) electrons. The van der Waals surface area contributed by atoms with Gasteiger partial charge in [-0.3, -0.25) is 4.68 Å². The number of alkyl halides is 1. The van der Waals surface area contributed by atoms with Gasteiger partial charge < -0.3 is 0 Å². The van der Waals surface area contributed by atoms with Gasteiger partial charge in [-0.25, -0.2) is 8.42 Å². The van der Waals surface area contributed by atoms with Crippen molar-refractivity contribution in [2.24, 2.45) is 0 Å². The number of aryl methyl sites for hydroxylation is 1. The molecule has 0 amide bonds. The highest BCUT2D eigenvalue weighted by Gasteiger charge is 2.08. The highest BCUT2D eigenvalue weighted by Crippen LogP contribution is 2.06. The molecule has 4 nitrogen and oxygen atoms in total. The molecule has 0 aliphatic carbocycles. The van der Waals surface area contributed by atoms with Gasteiger partial charge in [-0.05, 0) is 0 Å². The van der Waals surface area contributed by atoms with Crippen molar-refractivity contribution in [2.75, 3.05) is 11.6 Å². The maximum Gasteiger partial charge on any atom is 0.178 e. The van der Waals surface area contributed by atoms with Gasteiger partial charge in [-0.1, -0.05) is 15.9 Å². The number of halogens is 1. The molecule has 0 saturated carbocycles. The van der Waals surface area contributed by atoms with E-state index in [2.05, 4.69) is 21.0 Å². The van der Waals surface area contributed by atoms with Crippen LogP contribution in [0.4, 0.5) is 0 Å². The van der Waals surface area contributed by atoms with Crippen molar-refractivity contribution >= 4 is 25.8 Å². The summed E-state index contributed by atoms with van der Waals surface area (Å²) in [4.78, 5) is 0.267. The van der Waals surface area contributed by atoms with E-state index in [1.54, 1.807) is 4.68 Å². The molecule has 68 valence electrons. The predicted octanol–water partition coefficient (Wildman–Crippen LogP) is 0.681. The Morgan fingerprint density at radius 3 is 2.75 bits per heavy atom. The largest absolute Gasteiger partial charge is 0.271 e. The van der Waals surface area contributed by atoms with E-state index in [4.69, 9.17) is 0 Å². The standard InChI is InChI=1S/C6H9BrN2O2S/c1-12(10,11)6-4-8-9(5-6)3-2-7/h4-5H,2-3H2,1H3. The topological polar surface area (TPSA) is 52.0 Å². The molecule has 6 heteroatoms. The summed E-state index contributed by atoms with van der Waals surface area (Å²) in [5.74, 6) is 0. The van der Waals surface area contributed by atoms with Gasteiger partial charge in [0.05, 0.1) is 12.7 Å². The molecule has 12 heavy (non-hydrogen) atoms. The van der Waals surface area contributed by atoms with Crippen molar-refractivity contribution in [1.29, 1.82) is 0 Å². The van der Waals surface area contributed by atoms with Crippen LogP contribution >= 0.6 is 15.9 Å². The van der Waals surface area contributed by atoms with Gasteiger partial charge >= 0.3 is 0 Å². The molecular weight excluding hydrogens is 244 g/mol. The van der Waals surface area contributed by atoms with Gasteiger partial charge in [0.15, 0.2) is 9.84 Å². The first-order valence-electron chi connectivity index (χ1n) is 3.32. The number of rotatable bonds is 3. The molecule has 1 rings (SSSR count). The van der Waals surface area contributed by atoms with Gasteiger partial charge in [0.2, 0.25) is 0 Å². The number of aromatic nitrogens is 2. The van der Waals surface area contributed by atoms with E-state index < -0.39 is 9.84 Å². The summed E-state index contributed by atoms with van der Waals surface area (Å²) in [5.41, 5.74) is 0. The molecule has 0 bridgehead atoms. The molecule has 0 spiro atoms. The van der Waals surface area contributed by atoms with Crippen molar-refractivity contribution in [3.8, 4) is 0 Å². The molecule has 0 saturated heterocycles. The third-order valence-electron chi connectivity index (χ3n) is 1.35. The molecule has 0 atom stereocenters. The minimum atomic E-state index is -3.10. The van der Waals surface area contributed by atoms with Crippen LogP contribution in [0.1, 0.15) is 0 Å². The van der Waals surface area contributed by atoms with Gasteiger partial charge in [0.25, 0.3) is 0 Å². The fourth-order valence-corrected chi connectivity index (χ4v) is 1.66. The Hall–Kier alpha value is -0.360. The van der Waals surface area contributed by atoms with E-state index in [0.717, 1.165) is 5.33 Å². The zero-order chi connectivity index (χ0) is 9.19. The lowest BCUT2D eigenvalue weighted by atomic mass is 10.7. The van der Waals surface area contributed by atoms with Crippen LogP contribution in [-0.4, -0.2) is 29.8 Å². The third kappa shape index (κ3) is 2.31. The van der Waals surface area contributed by atoms with E-state index in [1.807, 2.05) is 0 Å². The SMILES string of the molecule is CS(=O)(=O)c1cnn(CCBr)c1. The van der Waals surface area contributed by atoms with Crippen LogP contribution in [-0.2, 0) is 16.4 Å². The normalized spacial score (nSPS) is 11.8. The Morgan fingerprint density at radius 1 is 1.67 bits per heavy atom. The first-order valence-corrected chi connectivity index (χ1v) is 6.34. The van der Waals surface area contributed by atoms with Crippen LogP contribution in [0.5, 0.6) is 0 Å². The van der Waals surface area contributed by atoms with Crippen molar-refractivity contribution in [2.45, 2.75) is 11.4 Å². The molecule has 1 aromatic rings. The summed E-state index contributed by atoms with van der Waals surface area (Å²) in [5, 5.41) is 4.64. The van der Waals surface area contributed by atoms with Gasteiger partial charge in [-0.2, -0.15) is 5.10 Å². The zero-order valence-corrected chi connectivity index (χ0v) is 8.97. The van der Waals surface area contributed by atoms with Crippen LogP contribution < -0.4 is 0 Å². The first kappa shape index (κ1) is 9.73. The molecule has 0 fully saturated rings. The smallest absolute Gasteiger partial charge is 0.178 e. The van der Waals surface area contributed by atoms with Crippen LogP contribution in [0.15, 0.2) is 17.3 Å². The fraction of sp³-hybridized carbons (Fsp3) is 0.500. The van der Waals surface area contributed by atoms with E-state index >= 15 is 0 Å². The number of nitrogens with zero attached hydrogens (tertiary/aromatic N) is 2. The van der Waals surface area contributed by atoms with Crippen molar-refractivity contribution in [1.82, 2.24) is 9.78 Å². The maximum absolute atomic E-state index is 11.0. The van der Waals surface area contributed by atoms with Crippen molar-refractivity contribution in [3.63, 3.8) is 0 Å². The zero-order valence-electron chi connectivity index (χ0n) is 6.57. The van der Waals surface area contributed by atoms with E-state index in [-0.39, 0.29) is 4.90 Å². The molecular formula is C6H9BrN2O2S. The Balaban J connectivity index is 2.92. The Bertz CT molecular complexity index is 357. The number of hydrogen-bond acceptors (Lipinski definition) is 3. The first-order chi connectivity index (χ1) is 5.54. The van der Waals surface area contributed by atoms with Crippen molar-refractivity contribution < 1.29 is 8.42 Å². The highest BCUT2D eigenvalue weighted by molar-refractivity contribution is 9.09. The molecule has 1 heterocycles. The Morgan fingerprint density at radius 2 is 2.33 bits per heavy atom. The summed E-state index contributed by atoms with van der Waals surface area (Å²) < 4.78 is 23.6. The summed E-state index contributed by atoms with van der Waals surface area (Å²) in [6, 6.07) is 0.